The second kappa shape index (κ2) is 7.08. The number of hydrogen-bond donors (Lipinski definition) is 1. The summed E-state index contributed by atoms with van der Waals surface area (Å²) in [7, 11) is 0. The third-order valence-electron chi connectivity index (χ3n) is 6.37. The molecule has 0 saturated heterocycles. The number of dihydropyridines is 1. The van der Waals surface area contributed by atoms with Gasteiger partial charge < -0.3 is 5.32 Å². The number of nitriles is 1. The molecule has 0 bridgehead atoms. The molecule has 1 atom stereocenters. The molecule has 1 N–H and O–H groups in total. The summed E-state index contributed by atoms with van der Waals surface area (Å²) >= 11 is 0. The highest BCUT2D eigenvalue weighted by Gasteiger charge is 2.41. The number of carbonyl (C=O) groups excluding carboxylic acids is 1. The Kier molecular flexibility index (Phi) is 4.06. The highest BCUT2D eigenvalue weighted by atomic mass is 16.1. The SMILES string of the molecule is N#CC1=C(c2ccccc2)NC2=C(C(=O)c3ccccc32)C1c1cccc2ccccc12. The molecule has 1 heterocycles. The van der Waals surface area contributed by atoms with E-state index in [1.54, 1.807) is 0 Å². The monoisotopic (exact) mass is 410 g/mol. The van der Waals surface area contributed by atoms with Crippen LogP contribution in [0.3, 0.4) is 0 Å². The summed E-state index contributed by atoms with van der Waals surface area (Å²) < 4.78 is 0. The number of ketones is 1. The third kappa shape index (κ3) is 2.57. The maximum Gasteiger partial charge on any atom is 0.192 e. The van der Waals surface area contributed by atoms with E-state index in [0.717, 1.165) is 38.9 Å². The quantitative estimate of drug-likeness (QED) is 0.436. The average molecular weight is 410 g/mol. The van der Waals surface area contributed by atoms with Crippen LogP contribution in [-0.2, 0) is 0 Å². The lowest BCUT2D eigenvalue weighted by Gasteiger charge is -2.29. The molecule has 1 unspecified atom stereocenters. The Morgan fingerprint density at radius 2 is 1.41 bits per heavy atom. The van der Waals surface area contributed by atoms with Gasteiger partial charge in [0, 0.05) is 16.7 Å². The molecule has 4 aromatic rings. The molecule has 1 aliphatic carbocycles. The maximum absolute atomic E-state index is 13.6. The van der Waals surface area contributed by atoms with Crippen LogP contribution in [0.1, 0.15) is 33.0 Å². The van der Waals surface area contributed by atoms with E-state index >= 15 is 0 Å². The number of nitrogens with zero attached hydrogens (tertiary/aromatic N) is 1. The summed E-state index contributed by atoms with van der Waals surface area (Å²) in [4.78, 5) is 13.6. The van der Waals surface area contributed by atoms with E-state index in [-0.39, 0.29) is 5.78 Å². The van der Waals surface area contributed by atoms with E-state index in [1.807, 2.05) is 78.9 Å². The summed E-state index contributed by atoms with van der Waals surface area (Å²) in [5, 5.41) is 16.0. The van der Waals surface area contributed by atoms with Crippen molar-refractivity contribution in [1.29, 1.82) is 5.26 Å². The fourth-order valence-corrected chi connectivity index (χ4v) is 4.96. The molecule has 4 aromatic carbocycles. The number of rotatable bonds is 2. The zero-order valence-electron chi connectivity index (χ0n) is 17.2. The molecule has 1 aliphatic heterocycles. The minimum Gasteiger partial charge on any atom is -0.353 e. The van der Waals surface area contributed by atoms with Crippen LogP contribution in [0.2, 0.25) is 0 Å². The van der Waals surface area contributed by atoms with Gasteiger partial charge in [-0.1, -0.05) is 97.1 Å². The van der Waals surface area contributed by atoms with Crippen LogP contribution in [-0.4, -0.2) is 5.78 Å². The normalized spacial score (nSPS) is 17.1. The Hall–Kier alpha value is -4.42. The minimum atomic E-state index is -0.447. The first-order chi connectivity index (χ1) is 15.8. The lowest BCUT2D eigenvalue weighted by Crippen LogP contribution is -2.25. The highest BCUT2D eigenvalue weighted by Crippen LogP contribution is 2.49. The molecule has 150 valence electrons. The van der Waals surface area contributed by atoms with Gasteiger partial charge in [-0.15, -0.1) is 0 Å². The van der Waals surface area contributed by atoms with Crippen molar-refractivity contribution >= 4 is 27.9 Å². The number of carbonyl (C=O) groups is 1. The highest BCUT2D eigenvalue weighted by molar-refractivity contribution is 6.23. The third-order valence-corrected chi connectivity index (χ3v) is 6.37. The summed E-state index contributed by atoms with van der Waals surface area (Å²) in [6.07, 6.45) is 0. The van der Waals surface area contributed by atoms with Gasteiger partial charge in [0.2, 0.25) is 0 Å². The van der Waals surface area contributed by atoms with E-state index in [2.05, 4.69) is 29.6 Å². The van der Waals surface area contributed by atoms with E-state index < -0.39 is 5.92 Å². The van der Waals surface area contributed by atoms with Gasteiger partial charge in [-0.3, -0.25) is 4.79 Å². The molecule has 3 heteroatoms. The fourth-order valence-electron chi connectivity index (χ4n) is 4.96. The molecule has 6 rings (SSSR count). The lowest BCUT2D eigenvalue weighted by atomic mass is 9.78. The Balaban J connectivity index is 1.69. The van der Waals surface area contributed by atoms with Crippen molar-refractivity contribution in [3.8, 4) is 6.07 Å². The predicted molar refractivity (Wildman–Crippen MR) is 126 cm³/mol. The second-order valence-electron chi connectivity index (χ2n) is 8.06. The molecule has 0 fully saturated rings. The number of hydrogen-bond acceptors (Lipinski definition) is 3. The topological polar surface area (TPSA) is 52.9 Å². The van der Waals surface area contributed by atoms with E-state index in [0.29, 0.717) is 16.7 Å². The van der Waals surface area contributed by atoms with Gasteiger partial charge in [-0.2, -0.15) is 5.26 Å². The fraction of sp³-hybridized carbons (Fsp3) is 0.0345. The van der Waals surface area contributed by atoms with Crippen LogP contribution < -0.4 is 5.32 Å². The van der Waals surface area contributed by atoms with Crippen molar-refractivity contribution in [3.05, 3.63) is 130 Å². The van der Waals surface area contributed by atoms with Crippen LogP contribution >= 0.6 is 0 Å². The molecule has 0 amide bonds. The molecule has 0 radical (unpaired) electrons. The van der Waals surface area contributed by atoms with Gasteiger partial charge in [0.25, 0.3) is 0 Å². The Labute approximate surface area is 185 Å². The van der Waals surface area contributed by atoms with Crippen molar-refractivity contribution in [2.24, 2.45) is 0 Å². The van der Waals surface area contributed by atoms with Crippen molar-refractivity contribution in [3.63, 3.8) is 0 Å². The number of nitrogens with one attached hydrogen (secondary N) is 1. The first-order valence-corrected chi connectivity index (χ1v) is 10.6. The average Bonchev–Trinajstić information content (AvgIpc) is 3.15. The molecular formula is C29H18N2O. The molecule has 0 spiro atoms. The number of benzene rings is 4. The molecule has 0 aromatic heterocycles. The van der Waals surface area contributed by atoms with E-state index in [4.69, 9.17) is 0 Å². The number of Topliss-reactive ketones (excluding diaryl/α,β-unsaturated/α-hetero) is 1. The standard InChI is InChI=1S/C29H18N2O/c30-17-24-25(21-16-8-12-18-9-4-5-13-20(18)21)26-28(22-14-6-7-15-23(22)29(26)32)31-27(24)19-10-2-1-3-11-19/h1-16,25,31H. The van der Waals surface area contributed by atoms with Gasteiger partial charge in [0.1, 0.15) is 0 Å². The van der Waals surface area contributed by atoms with Gasteiger partial charge in [-0.25, -0.2) is 0 Å². The smallest absolute Gasteiger partial charge is 0.192 e. The van der Waals surface area contributed by atoms with E-state index in [9.17, 15) is 10.1 Å². The summed E-state index contributed by atoms with van der Waals surface area (Å²) in [5.74, 6) is -0.460. The van der Waals surface area contributed by atoms with Gasteiger partial charge in [-0.05, 0) is 21.9 Å². The lowest BCUT2D eigenvalue weighted by molar-refractivity contribution is 0.103. The van der Waals surface area contributed by atoms with Crippen molar-refractivity contribution in [1.82, 2.24) is 5.32 Å². The first-order valence-electron chi connectivity index (χ1n) is 10.6. The molecule has 3 nitrogen and oxygen atoms in total. The zero-order chi connectivity index (χ0) is 21.7. The second-order valence-corrected chi connectivity index (χ2v) is 8.06. The Morgan fingerprint density at radius 3 is 2.22 bits per heavy atom. The summed E-state index contributed by atoms with van der Waals surface area (Å²) in [5.41, 5.74) is 6.26. The molecule has 0 saturated carbocycles. The van der Waals surface area contributed by atoms with Crippen LogP contribution in [0.25, 0.3) is 22.2 Å². The minimum absolute atomic E-state index is 0.0131. The Bertz CT molecular complexity index is 1510. The summed E-state index contributed by atoms with van der Waals surface area (Å²) in [6, 6.07) is 34.2. The number of fused-ring (bicyclic) bond motifs is 3. The number of allylic oxidation sites excluding steroid dienone is 2. The maximum atomic E-state index is 13.6. The van der Waals surface area contributed by atoms with Crippen molar-refractivity contribution in [2.75, 3.05) is 0 Å². The van der Waals surface area contributed by atoms with Gasteiger partial charge in [0.15, 0.2) is 5.78 Å². The van der Waals surface area contributed by atoms with Gasteiger partial charge >= 0.3 is 0 Å². The van der Waals surface area contributed by atoms with Crippen LogP contribution in [0.4, 0.5) is 0 Å². The first kappa shape index (κ1) is 18.4. The molecular weight excluding hydrogens is 392 g/mol. The summed E-state index contributed by atoms with van der Waals surface area (Å²) in [6.45, 7) is 0. The van der Waals surface area contributed by atoms with Gasteiger partial charge in [0.05, 0.1) is 29.0 Å². The van der Waals surface area contributed by atoms with E-state index in [1.165, 1.54) is 0 Å². The van der Waals surface area contributed by atoms with Crippen LogP contribution in [0, 0.1) is 11.3 Å². The molecule has 2 aliphatic rings. The van der Waals surface area contributed by atoms with Crippen molar-refractivity contribution in [2.45, 2.75) is 5.92 Å². The zero-order valence-corrected chi connectivity index (χ0v) is 17.2. The largest absolute Gasteiger partial charge is 0.353 e. The van der Waals surface area contributed by atoms with Crippen LogP contribution in [0.5, 0.6) is 0 Å². The Morgan fingerprint density at radius 1 is 0.719 bits per heavy atom. The van der Waals surface area contributed by atoms with Crippen LogP contribution in [0.15, 0.2) is 108 Å². The molecule has 32 heavy (non-hydrogen) atoms. The van der Waals surface area contributed by atoms with Crippen molar-refractivity contribution < 1.29 is 4.79 Å². The predicted octanol–water partition coefficient (Wildman–Crippen LogP) is 6.07.